The molecule has 0 aromatic heterocycles. The van der Waals surface area contributed by atoms with Crippen LogP contribution in [-0.2, 0) is 4.74 Å². The van der Waals surface area contributed by atoms with Gasteiger partial charge in [-0.25, -0.2) is 4.79 Å². The van der Waals surface area contributed by atoms with Gasteiger partial charge < -0.3 is 14.4 Å². The maximum Gasteiger partial charge on any atom is 0.337 e. The minimum atomic E-state index is -0.660. The number of likely N-dealkylation sites (tertiary alicyclic amines) is 1. The van der Waals surface area contributed by atoms with Crippen molar-refractivity contribution >= 4 is 17.7 Å². The van der Waals surface area contributed by atoms with Gasteiger partial charge >= 0.3 is 5.97 Å². The summed E-state index contributed by atoms with van der Waals surface area (Å²) in [6.07, 6.45) is 0.883. The molecule has 0 radical (unpaired) electrons. The lowest BCUT2D eigenvalue weighted by Gasteiger charge is -2.34. The molecule has 0 aliphatic carbocycles. The second kappa shape index (κ2) is 6.54. The van der Waals surface area contributed by atoms with E-state index in [-0.39, 0.29) is 18.1 Å². The van der Waals surface area contributed by atoms with E-state index in [0.717, 1.165) is 0 Å². The molecule has 2 aliphatic rings. The fourth-order valence-corrected chi connectivity index (χ4v) is 3.74. The smallest absolute Gasteiger partial charge is 0.337 e. The van der Waals surface area contributed by atoms with Gasteiger partial charge in [0.05, 0.1) is 31.2 Å². The van der Waals surface area contributed by atoms with Gasteiger partial charge in [0.25, 0.3) is 5.91 Å². The van der Waals surface area contributed by atoms with Crippen molar-refractivity contribution < 1.29 is 23.9 Å². The Morgan fingerprint density at radius 3 is 2.52 bits per heavy atom. The Kier molecular flexibility index (Phi) is 4.18. The minimum absolute atomic E-state index is 0.0496. The summed E-state index contributed by atoms with van der Waals surface area (Å²) in [5.74, 6) is 0.0548. The molecule has 1 saturated heterocycles. The topological polar surface area (TPSA) is 72.9 Å². The number of fused-ring (bicyclic) bond motifs is 1. The number of hydrogen-bond acceptors (Lipinski definition) is 5. The first-order valence-corrected chi connectivity index (χ1v) is 8.80. The molecule has 0 saturated carbocycles. The summed E-state index contributed by atoms with van der Waals surface area (Å²) in [5.41, 5.74) is 0.825. The number of hydrogen-bond donors (Lipinski definition) is 0. The number of nitrogens with zero attached hydrogens (tertiary/aromatic N) is 1. The highest BCUT2D eigenvalue weighted by atomic mass is 16.5. The van der Waals surface area contributed by atoms with E-state index >= 15 is 0 Å². The molecule has 1 atom stereocenters. The van der Waals surface area contributed by atoms with Crippen molar-refractivity contribution in [2.75, 3.05) is 20.2 Å². The highest BCUT2D eigenvalue weighted by Crippen LogP contribution is 2.38. The molecule has 0 bridgehead atoms. The van der Waals surface area contributed by atoms with Crippen LogP contribution in [0.1, 0.15) is 43.9 Å². The lowest BCUT2D eigenvalue weighted by atomic mass is 9.89. The van der Waals surface area contributed by atoms with E-state index in [4.69, 9.17) is 4.74 Å². The summed E-state index contributed by atoms with van der Waals surface area (Å²) in [6, 6.07) is 13.6. The van der Waals surface area contributed by atoms with Crippen molar-refractivity contribution in [3.05, 3.63) is 65.2 Å². The summed E-state index contributed by atoms with van der Waals surface area (Å²) in [4.78, 5) is 38.5. The summed E-state index contributed by atoms with van der Waals surface area (Å²) < 4.78 is 10.8. The maximum atomic E-state index is 12.8. The number of carbonyl (C=O) groups excluding carboxylic acids is 3. The number of esters is 1. The zero-order valence-electron chi connectivity index (χ0n) is 14.9. The van der Waals surface area contributed by atoms with Crippen LogP contribution >= 0.6 is 0 Å². The van der Waals surface area contributed by atoms with Gasteiger partial charge in [0.1, 0.15) is 11.4 Å². The van der Waals surface area contributed by atoms with E-state index in [1.807, 2.05) is 12.1 Å². The zero-order valence-corrected chi connectivity index (χ0v) is 14.9. The van der Waals surface area contributed by atoms with Crippen LogP contribution in [0.15, 0.2) is 48.5 Å². The number of Topliss-reactive ketones (excluding diaryl/α,β-unsaturated/α-hetero) is 1. The number of benzene rings is 2. The average molecular weight is 365 g/mol. The number of ketones is 1. The molecule has 138 valence electrons. The molecule has 1 fully saturated rings. The Bertz CT molecular complexity index is 920. The van der Waals surface area contributed by atoms with Crippen LogP contribution < -0.4 is 4.74 Å². The predicted octanol–water partition coefficient (Wildman–Crippen LogP) is 2.72. The van der Waals surface area contributed by atoms with Gasteiger partial charge in [0.2, 0.25) is 0 Å². The monoisotopic (exact) mass is 365 g/mol. The van der Waals surface area contributed by atoms with Crippen LogP contribution in [0.4, 0.5) is 0 Å². The first-order valence-electron chi connectivity index (χ1n) is 8.80. The molecule has 6 heteroatoms. The summed E-state index contributed by atoms with van der Waals surface area (Å²) in [5, 5.41) is 0. The summed E-state index contributed by atoms with van der Waals surface area (Å²) in [6.45, 7) is 0.887. The van der Waals surface area contributed by atoms with Crippen LogP contribution in [0.3, 0.4) is 0 Å². The van der Waals surface area contributed by atoms with E-state index in [1.54, 1.807) is 41.3 Å². The molecule has 4 rings (SSSR count). The van der Waals surface area contributed by atoms with Gasteiger partial charge in [-0.2, -0.15) is 0 Å². The number of amides is 1. The Labute approximate surface area is 156 Å². The second-order valence-electron chi connectivity index (χ2n) is 6.93. The van der Waals surface area contributed by atoms with Gasteiger partial charge in [-0.3, -0.25) is 9.59 Å². The molecule has 27 heavy (non-hydrogen) atoms. The zero-order chi connectivity index (χ0) is 19.0. The van der Waals surface area contributed by atoms with Crippen LogP contribution in [-0.4, -0.2) is 48.4 Å². The molecular formula is C21H19NO5. The molecule has 0 N–H and O–H groups in total. The number of methoxy groups -OCH3 is 1. The summed E-state index contributed by atoms with van der Waals surface area (Å²) in [7, 11) is 1.31. The van der Waals surface area contributed by atoms with Crippen LogP contribution in [0.2, 0.25) is 0 Å². The molecule has 1 amide bonds. The fraction of sp³-hybridized carbons (Fsp3) is 0.286. The quantitative estimate of drug-likeness (QED) is 0.765. The number of para-hydroxylation sites is 1. The predicted molar refractivity (Wildman–Crippen MR) is 97.1 cm³/mol. The third kappa shape index (κ3) is 3.07. The van der Waals surface area contributed by atoms with Crippen molar-refractivity contribution in [2.24, 2.45) is 0 Å². The lowest BCUT2D eigenvalue weighted by molar-refractivity contribution is 0.0428. The van der Waals surface area contributed by atoms with Gasteiger partial charge in [0, 0.05) is 18.5 Å². The molecule has 1 spiro atoms. The van der Waals surface area contributed by atoms with Crippen molar-refractivity contribution in [2.45, 2.75) is 18.4 Å². The van der Waals surface area contributed by atoms with E-state index < -0.39 is 11.6 Å². The third-order valence-electron chi connectivity index (χ3n) is 5.15. The van der Waals surface area contributed by atoms with Crippen LogP contribution in [0, 0.1) is 0 Å². The van der Waals surface area contributed by atoms with Gasteiger partial charge in [-0.15, -0.1) is 0 Å². The lowest BCUT2D eigenvalue weighted by Crippen LogP contribution is -2.45. The molecule has 0 unspecified atom stereocenters. The molecular weight excluding hydrogens is 346 g/mol. The largest absolute Gasteiger partial charge is 0.484 e. The van der Waals surface area contributed by atoms with Crippen molar-refractivity contribution in [3.63, 3.8) is 0 Å². The molecule has 2 aromatic rings. The third-order valence-corrected chi connectivity index (χ3v) is 5.15. The van der Waals surface area contributed by atoms with E-state index in [0.29, 0.717) is 42.0 Å². The van der Waals surface area contributed by atoms with Crippen molar-refractivity contribution in [3.8, 4) is 5.75 Å². The summed E-state index contributed by atoms with van der Waals surface area (Å²) >= 11 is 0. The molecule has 6 nitrogen and oxygen atoms in total. The van der Waals surface area contributed by atoms with Crippen molar-refractivity contribution in [1.29, 1.82) is 0 Å². The Morgan fingerprint density at radius 2 is 1.78 bits per heavy atom. The number of carbonyl (C=O) groups is 3. The molecule has 2 heterocycles. The van der Waals surface area contributed by atoms with Gasteiger partial charge in [0.15, 0.2) is 5.78 Å². The number of rotatable bonds is 2. The maximum absolute atomic E-state index is 12.8. The Hall–Kier alpha value is -3.15. The van der Waals surface area contributed by atoms with Gasteiger partial charge in [-0.1, -0.05) is 12.1 Å². The minimum Gasteiger partial charge on any atom is -0.484 e. The number of ether oxygens (including phenoxy) is 2. The molecule has 2 aliphatic heterocycles. The average Bonchev–Trinajstić information content (AvgIpc) is 3.09. The Balaban J connectivity index is 1.50. The van der Waals surface area contributed by atoms with E-state index in [2.05, 4.69) is 4.74 Å². The SMILES string of the molecule is COC(=O)c1ccc(C(=O)N2CC[C@@]3(CC(=O)c4ccccc4O3)C2)cc1. The normalized spacial score (nSPS) is 20.9. The van der Waals surface area contributed by atoms with Crippen molar-refractivity contribution in [1.82, 2.24) is 4.90 Å². The first kappa shape index (κ1) is 17.3. The highest BCUT2D eigenvalue weighted by Gasteiger charge is 2.47. The van der Waals surface area contributed by atoms with Crippen LogP contribution in [0.25, 0.3) is 0 Å². The molecule has 2 aromatic carbocycles. The van der Waals surface area contributed by atoms with E-state index in [1.165, 1.54) is 7.11 Å². The second-order valence-corrected chi connectivity index (χ2v) is 6.93. The van der Waals surface area contributed by atoms with E-state index in [9.17, 15) is 14.4 Å². The van der Waals surface area contributed by atoms with Crippen LogP contribution in [0.5, 0.6) is 5.75 Å². The highest BCUT2D eigenvalue weighted by molar-refractivity contribution is 6.01. The van der Waals surface area contributed by atoms with Gasteiger partial charge in [-0.05, 0) is 36.4 Å². The first-order chi connectivity index (χ1) is 13.0. The Morgan fingerprint density at radius 1 is 1.07 bits per heavy atom. The standard InChI is InChI=1S/C21H19NO5/c1-26-20(25)15-8-6-14(7-9-15)19(24)22-11-10-21(13-22)12-17(23)16-4-2-3-5-18(16)27-21/h2-9H,10-13H2,1H3/t21-/m1/s1. The fourth-order valence-electron chi connectivity index (χ4n) is 3.74.